The molecule has 1 N–H and O–H groups in total. The third kappa shape index (κ3) is 2.79. The molecule has 2 heterocycles. The van der Waals surface area contributed by atoms with Crippen LogP contribution in [0.1, 0.15) is 30.5 Å². The summed E-state index contributed by atoms with van der Waals surface area (Å²) in [4.78, 5) is 1.41. The first-order chi connectivity index (χ1) is 12.7. The summed E-state index contributed by atoms with van der Waals surface area (Å²) in [5.74, 6) is 1.05. The number of thiocarbonyl (C=S) groups is 1. The van der Waals surface area contributed by atoms with Crippen LogP contribution in [0.25, 0.3) is 0 Å². The molecule has 1 fully saturated rings. The Morgan fingerprint density at radius 1 is 1.22 bits per heavy atom. The van der Waals surface area contributed by atoms with Crippen molar-refractivity contribution in [3.05, 3.63) is 53.6 Å². The van der Waals surface area contributed by atoms with Gasteiger partial charge in [0.05, 0.1) is 24.4 Å². The largest absolute Gasteiger partial charge is 0.493 e. The first kappa shape index (κ1) is 17.9. The van der Waals surface area contributed by atoms with Gasteiger partial charge in [0.1, 0.15) is 0 Å². The van der Waals surface area contributed by atoms with Crippen molar-refractivity contribution in [2.24, 2.45) is 0 Å². The van der Waals surface area contributed by atoms with Crippen LogP contribution in [-0.2, 0) is 6.18 Å². The van der Waals surface area contributed by atoms with Gasteiger partial charge in [0, 0.05) is 12.0 Å². The second-order valence-corrected chi connectivity index (χ2v) is 7.10. The molecule has 2 aromatic carbocycles. The normalized spacial score (nSPS) is 24.0. The lowest BCUT2D eigenvalue weighted by Gasteiger charge is -2.52. The first-order valence-electron chi connectivity index (χ1n) is 8.37. The third-order valence-electron chi connectivity index (χ3n) is 4.93. The number of halogens is 3. The number of nitrogens with zero attached hydrogens (tertiary/aromatic N) is 1. The molecule has 4 nitrogen and oxygen atoms in total. The van der Waals surface area contributed by atoms with E-state index in [4.69, 9.17) is 21.7 Å². The Hall–Kier alpha value is -2.48. The van der Waals surface area contributed by atoms with Gasteiger partial charge in [-0.3, -0.25) is 4.90 Å². The molecule has 0 amide bonds. The minimum absolute atomic E-state index is 0.0400. The minimum atomic E-state index is -4.51. The fourth-order valence-corrected chi connectivity index (χ4v) is 4.23. The topological polar surface area (TPSA) is 33.7 Å². The molecule has 8 heteroatoms. The second kappa shape index (κ2) is 6.02. The zero-order valence-corrected chi connectivity index (χ0v) is 15.4. The zero-order valence-electron chi connectivity index (χ0n) is 14.6. The van der Waals surface area contributed by atoms with Gasteiger partial charge < -0.3 is 14.8 Å². The molecule has 2 unspecified atom stereocenters. The minimum Gasteiger partial charge on any atom is -0.493 e. The Bertz CT molecular complexity index is 918. The van der Waals surface area contributed by atoms with E-state index in [1.54, 1.807) is 19.1 Å². The van der Waals surface area contributed by atoms with Crippen LogP contribution in [0, 0.1) is 0 Å². The molecule has 4 rings (SSSR count). The van der Waals surface area contributed by atoms with E-state index in [2.05, 4.69) is 5.32 Å². The standard InChI is InChI=1S/C19H17F3N2O2S/c1-18-10-13(11-6-5-9-15(25-2)16(11)26-18)23-17(27)24(18)14-8-4-3-7-12(14)19(20,21)22/h3-9,13H,10H2,1-2H3,(H,23,27). The Morgan fingerprint density at radius 3 is 2.67 bits per heavy atom. The van der Waals surface area contributed by atoms with Crippen LogP contribution in [0.2, 0.25) is 0 Å². The summed E-state index contributed by atoms with van der Waals surface area (Å²) in [5, 5.41) is 3.36. The molecule has 0 saturated carbocycles. The molecule has 0 spiro atoms. The maximum atomic E-state index is 13.6. The number of alkyl halides is 3. The number of anilines is 1. The number of ether oxygens (including phenoxy) is 2. The molecule has 0 aliphatic carbocycles. The van der Waals surface area contributed by atoms with Crippen LogP contribution in [-0.4, -0.2) is 17.9 Å². The maximum Gasteiger partial charge on any atom is 0.418 e. The number of fused-ring (bicyclic) bond motifs is 4. The van der Waals surface area contributed by atoms with Gasteiger partial charge in [0.2, 0.25) is 0 Å². The van der Waals surface area contributed by atoms with Gasteiger partial charge in [-0.1, -0.05) is 24.3 Å². The lowest BCUT2D eigenvalue weighted by molar-refractivity contribution is -0.137. The number of rotatable bonds is 2. The van der Waals surface area contributed by atoms with Crippen LogP contribution in [0.5, 0.6) is 11.5 Å². The van der Waals surface area contributed by atoms with E-state index in [1.165, 1.54) is 24.1 Å². The zero-order chi connectivity index (χ0) is 19.4. The van der Waals surface area contributed by atoms with Gasteiger partial charge in [0.25, 0.3) is 0 Å². The van der Waals surface area contributed by atoms with Crippen LogP contribution in [0.4, 0.5) is 18.9 Å². The maximum absolute atomic E-state index is 13.6. The van der Waals surface area contributed by atoms with E-state index in [0.29, 0.717) is 17.9 Å². The highest BCUT2D eigenvalue weighted by Crippen LogP contribution is 2.50. The number of benzene rings is 2. The first-order valence-corrected chi connectivity index (χ1v) is 8.78. The predicted molar refractivity (Wildman–Crippen MR) is 99.0 cm³/mol. The summed E-state index contributed by atoms with van der Waals surface area (Å²) in [5.41, 5.74) is -1.02. The molecule has 2 bridgehead atoms. The van der Waals surface area contributed by atoms with Gasteiger partial charge >= 0.3 is 6.18 Å². The van der Waals surface area contributed by atoms with Gasteiger partial charge in [0.15, 0.2) is 22.3 Å². The number of methoxy groups -OCH3 is 1. The second-order valence-electron chi connectivity index (χ2n) is 6.71. The van der Waals surface area contributed by atoms with Crippen molar-refractivity contribution >= 4 is 23.0 Å². The Labute approximate surface area is 159 Å². The Kier molecular flexibility index (Phi) is 3.99. The molecule has 0 aromatic heterocycles. The van der Waals surface area contributed by atoms with Gasteiger partial charge in [-0.2, -0.15) is 13.2 Å². The molecular weight excluding hydrogens is 377 g/mol. The summed E-state index contributed by atoms with van der Waals surface area (Å²) < 4.78 is 52.4. The summed E-state index contributed by atoms with van der Waals surface area (Å²) in [6.07, 6.45) is -4.08. The van der Waals surface area contributed by atoms with Crippen molar-refractivity contribution in [2.75, 3.05) is 12.0 Å². The van der Waals surface area contributed by atoms with E-state index in [9.17, 15) is 13.2 Å². The van der Waals surface area contributed by atoms with E-state index in [1.807, 2.05) is 12.1 Å². The summed E-state index contributed by atoms with van der Waals surface area (Å²) >= 11 is 5.44. The fourth-order valence-electron chi connectivity index (χ4n) is 3.79. The molecule has 2 atom stereocenters. The monoisotopic (exact) mass is 394 g/mol. The van der Waals surface area contributed by atoms with Gasteiger partial charge in [-0.05, 0) is 37.3 Å². The summed E-state index contributed by atoms with van der Waals surface area (Å²) in [7, 11) is 1.53. The highest BCUT2D eigenvalue weighted by Gasteiger charge is 2.51. The molecule has 1 saturated heterocycles. The quantitative estimate of drug-likeness (QED) is 0.750. The number of nitrogens with one attached hydrogen (secondary N) is 1. The number of hydrogen-bond donors (Lipinski definition) is 1. The van der Waals surface area contributed by atoms with Crippen LogP contribution >= 0.6 is 12.2 Å². The number of para-hydroxylation sites is 2. The summed E-state index contributed by atoms with van der Waals surface area (Å²) in [6, 6.07) is 10.7. The SMILES string of the molecule is COc1cccc2c1OC1(C)CC2NC(=S)N1c1ccccc1C(F)(F)F. The van der Waals surface area contributed by atoms with Crippen LogP contribution in [0.3, 0.4) is 0 Å². The van der Waals surface area contributed by atoms with Crippen molar-refractivity contribution in [3.63, 3.8) is 0 Å². The molecule has 2 aliphatic rings. The molecule has 0 radical (unpaired) electrons. The van der Waals surface area contributed by atoms with Crippen molar-refractivity contribution < 1.29 is 22.6 Å². The molecule has 142 valence electrons. The lowest BCUT2D eigenvalue weighted by atomic mass is 9.89. The van der Waals surface area contributed by atoms with Crippen molar-refractivity contribution in [1.29, 1.82) is 0 Å². The highest BCUT2D eigenvalue weighted by atomic mass is 32.1. The number of hydrogen-bond acceptors (Lipinski definition) is 3. The molecule has 27 heavy (non-hydrogen) atoms. The smallest absolute Gasteiger partial charge is 0.418 e. The average molecular weight is 394 g/mol. The van der Waals surface area contributed by atoms with Crippen molar-refractivity contribution in [3.8, 4) is 11.5 Å². The van der Waals surface area contributed by atoms with Crippen molar-refractivity contribution in [1.82, 2.24) is 5.32 Å². The predicted octanol–water partition coefficient (Wildman–Crippen LogP) is 4.65. The van der Waals surface area contributed by atoms with Crippen LogP contribution < -0.4 is 19.7 Å². The van der Waals surface area contributed by atoms with Gasteiger partial charge in [-0.25, -0.2) is 0 Å². The van der Waals surface area contributed by atoms with E-state index in [0.717, 1.165) is 11.6 Å². The van der Waals surface area contributed by atoms with Crippen molar-refractivity contribution in [2.45, 2.75) is 31.3 Å². The molecular formula is C19H17F3N2O2S. The fraction of sp³-hybridized carbons (Fsp3) is 0.316. The van der Waals surface area contributed by atoms with E-state index in [-0.39, 0.29) is 16.8 Å². The Balaban J connectivity index is 1.86. The van der Waals surface area contributed by atoms with E-state index >= 15 is 0 Å². The summed E-state index contributed by atoms with van der Waals surface area (Å²) in [6.45, 7) is 1.75. The highest BCUT2D eigenvalue weighted by molar-refractivity contribution is 7.80. The molecule has 2 aliphatic heterocycles. The Morgan fingerprint density at radius 2 is 1.96 bits per heavy atom. The average Bonchev–Trinajstić information content (AvgIpc) is 2.60. The third-order valence-corrected chi connectivity index (χ3v) is 5.23. The lowest BCUT2D eigenvalue weighted by Crippen LogP contribution is -2.65. The van der Waals surface area contributed by atoms with Crippen LogP contribution in [0.15, 0.2) is 42.5 Å². The van der Waals surface area contributed by atoms with Gasteiger partial charge in [-0.15, -0.1) is 0 Å². The molecule has 2 aromatic rings. The van der Waals surface area contributed by atoms with E-state index < -0.39 is 17.5 Å².